The number of hydrogen-bond donors (Lipinski definition) is 1. The molecule has 1 amide bonds. The molecule has 0 atom stereocenters. The third kappa shape index (κ3) is 3.94. The quantitative estimate of drug-likeness (QED) is 0.653. The minimum atomic E-state index is -0.166. The van der Waals surface area contributed by atoms with Crippen LogP contribution in [0.15, 0.2) is 29.1 Å². The van der Waals surface area contributed by atoms with Crippen LogP contribution in [0.3, 0.4) is 0 Å². The number of fused-ring (bicyclic) bond motifs is 1. The van der Waals surface area contributed by atoms with E-state index in [-0.39, 0.29) is 17.9 Å². The van der Waals surface area contributed by atoms with E-state index >= 15 is 0 Å². The SMILES string of the molecule is O=C(CCn1c(=O)c(N2CCCCC2)nc2ccccc21)Nc1nnc(C2CC2)s1. The molecule has 2 aliphatic rings. The van der Waals surface area contributed by atoms with Gasteiger partial charge in [0, 0.05) is 32.0 Å². The van der Waals surface area contributed by atoms with Gasteiger partial charge in [0.1, 0.15) is 5.01 Å². The molecule has 2 aromatic heterocycles. The molecule has 30 heavy (non-hydrogen) atoms. The van der Waals surface area contributed by atoms with Crippen LogP contribution in [0.2, 0.25) is 0 Å². The zero-order valence-electron chi connectivity index (χ0n) is 16.7. The van der Waals surface area contributed by atoms with Crippen molar-refractivity contribution in [3.63, 3.8) is 0 Å². The number of hydrogen-bond acceptors (Lipinski definition) is 7. The second-order valence-electron chi connectivity index (χ2n) is 7.95. The summed E-state index contributed by atoms with van der Waals surface area (Å²) in [6.45, 7) is 1.99. The van der Waals surface area contributed by atoms with Gasteiger partial charge in [0.2, 0.25) is 11.0 Å². The van der Waals surface area contributed by atoms with Gasteiger partial charge in [-0.1, -0.05) is 23.5 Å². The Bertz CT molecular complexity index is 1130. The number of aryl methyl sites for hydroxylation is 1. The predicted molar refractivity (Wildman–Crippen MR) is 117 cm³/mol. The number of aromatic nitrogens is 4. The molecule has 0 spiro atoms. The van der Waals surface area contributed by atoms with Crippen LogP contribution in [0.4, 0.5) is 10.9 Å². The lowest BCUT2D eigenvalue weighted by atomic mass is 10.1. The first-order chi connectivity index (χ1) is 14.7. The molecule has 0 radical (unpaired) electrons. The van der Waals surface area contributed by atoms with Crippen LogP contribution in [0.1, 0.15) is 49.5 Å². The Balaban J connectivity index is 1.36. The highest BCUT2D eigenvalue weighted by Crippen LogP contribution is 2.42. The molecule has 2 fully saturated rings. The fourth-order valence-electron chi connectivity index (χ4n) is 3.89. The maximum absolute atomic E-state index is 13.2. The molecule has 1 aliphatic carbocycles. The van der Waals surface area contributed by atoms with Crippen molar-refractivity contribution in [3.8, 4) is 0 Å². The van der Waals surface area contributed by atoms with Crippen LogP contribution in [0.5, 0.6) is 0 Å². The predicted octanol–water partition coefficient (Wildman–Crippen LogP) is 3.14. The Labute approximate surface area is 178 Å². The van der Waals surface area contributed by atoms with Crippen LogP contribution in [0.25, 0.3) is 11.0 Å². The summed E-state index contributed by atoms with van der Waals surface area (Å²) < 4.78 is 1.68. The molecule has 1 N–H and O–H groups in total. The Kier molecular flexibility index (Phi) is 5.20. The van der Waals surface area contributed by atoms with E-state index in [0.717, 1.165) is 54.8 Å². The van der Waals surface area contributed by atoms with Gasteiger partial charge < -0.3 is 14.8 Å². The van der Waals surface area contributed by atoms with Gasteiger partial charge in [-0.15, -0.1) is 10.2 Å². The van der Waals surface area contributed by atoms with Gasteiger partial charge >= 0.3 is 0 Å². The number of rotatable bonds is 6. The first-order valence-electron chi connectivity index (χ1n) is 10.6. The van der Waals surface area contributed by atoms with Gasteiger partial charge in [-0.3, -0.25) is 9.59 Å². The van der Waals surface area contributed by atoms with E-state index in [1.165, 1.54) is 17.8 Å². The van der Waals surface area contributed by atoms with Gasteiger partial charge in [-0.05, 0) is 44.2 Å². The highest BCUT2D eigenvalue weighted by Gasteiger charge is 2.27. The Morgan fingerprint density at radius 2 is 1.93 bits per heavy atom. The van der Waals surface area contributed by atoms with E-state index in [2.05, 4.69) is 25.4 Å². The van der Waals surface area contributed by atoms with E-state index in [0.29, 0.717) is 23.4 Å². The summed E-state index contributed by atoms with van der Waals surface area (Å²) in [6, 6.07) is 7.61. The third-order valence-corrected chi connectivity index (χ3v) is 6.67. The van der Waals surface area contributed by atoms with Crippen LogP contribution in [-0.4, -0.2) is 38.7 Å². The van der Waals surface area contributed by atoms with E-state index in [1.54, 1.807) is 4.57 Å². The Morgan fingerprint density at radius 3 is 2.73 bits per heavy atom. The van der Waals surface area contributed by atoms with Crippen molar-refractivity contribution in [2.75, 3.05) is 23.3 Å². The van der Waals surface area contributed by atoms with Crippen molar-refractivity contribution in [1.29, 1.82) is 0 Å². The molecule has 156 valence electrons. The minimum absolute atomic E-state index is 0.129. The molecule has 5 rings (SSSR count). The lowest BCUT2D eigenvalue weighted by Gasteiger charge is -2.27. The van der Waals surface area contributed by atoms with Crippen LogP contribution in [-0.2, 0) is 11.3 Å². The van der Waals surface area contributed by atoms with E-state index in [9.17, 15) is 9.59 Å². The van der Waals surface area contributed by atoms with Crippen molar-refractivity contribution in [2.24, 2.45) is 0 Å². The molecule has 0 unspecified atom stereocenters. The molecule has 1 aromatic carbocycles. The summed E-state index contributed by atoms with van der Waals surface area (Å²) in [5, 5.41) is 12.6. The standard InChI is InChI=1S/C21H24N6O2S/c28-17(23-21-25-24-19(30-21)14-8-9-14)10-13-27-16-7-3-2-6-15(16)22-18(20(27)29)26-11-4-1-5-12-26/h2-3,6-7,14H,1,4-5,8-13H2,(H,23,25,28). The molecule has 9 heteroatoms. The number of benzene rings is 1. The number of para-hydroxylation sites is 2. The average Bonchev–Trinajstić information content (AvgIpc) is 3.52. The molecule has 1 aliphatic heterocycles. The molecule has 8 nitrogen and oxygen atoms in total. The summed E-state index contributed by atoms with van der Waals surface area (Å²) in [6.07, 6.45) is 5.82. The summed E-state index contributed by atoms with van der Waals surface area (Å²) in [7, 11) is 0. The first kappa shape index (κ1) is 19.2. The van der Waals surface area contributed by atoms with Gasteiger partial charge in [-0.2, -0.15) is 0 Å². The molecule has 0 bridgehead atoms. The summed E-state index contributed by atoms with van der Waals surface area (Å²) in [4.78, 5) is 32.5. The Hall–Kier alpha value is -2.81. The first-order valence-corrected chi connectivity index (χ1v) is 11.4. The molecule has 3 heterocycles. The van der Waals surface area contributed by atoms with Gasteiger partial charge in [0.15, 0.2) is 5.82 Å². The zero-order valence-corrected chi connectivity index (χ0v) is 17.5. The topological polar surface area (TPSA) is 93.0 Å². The summed E-state index contributed by atoms with van der Waals surface area (Å²) >= 11 is 1.44. The molecular weight excluding hydrogens is 400 g/mol. The van der Waals surface area contributed by atoms with Crippen LogP contribution in [0, 0.1) is 0 Å². The minimum Gasteiger partial charge on any atom is -0.352 e. The second-order valence-corrected chi connectivity index (χ2v) is 8.96. The number of carbonyl (C=O) groups excluding carboxylic acids is 1. The fourth-order valence-corrected chi connectivity index (χ4v) is 4.82. The molecule has 1 saturated carbocycles. The number of anilines is 2. The van der Waals surface area contributed by atoms with Gasteiger partial charge in [-0.25, -0.2) is 4.98 Å². The molecular formula is C21H24N6O2S. The lowest BCUT2D eigenvalue weighted by molar-refractivity contribution is -0.116. The van der Waals surface area contributed by atoms with Crippen molar-refractivity contribution >= 4 is 39.2 Å². The zero-order chi connectivity index (χ0) is 20.5. The smallest absolute Gasteiger partial charge is 0.294 e. The normalized spacial score (nSPS) is 16.7. The third-order valence-electron chi connectivity index (χ3n) is 5.67. The average molecular weight is 425 g/mol. The highest BCUT2D eigenvalue weighted by molar-refractivity contribution is 7.15. The Morgan fingerprint density at radius 1 is 1.13 bits per heavy atom. The van der Waals surface area contributed by atoms with E-state index in [1.807, 2.05) is 24.3 Å². The lowest BCUT2D eigenvalue weighted by Crippen LogP contribution is -2.37. The number of piperidine rings is 1. The maximum atomic E-state index is 13.2. The summed E-state index contributed by atoms with van der Waals surface area (Å²) in [5.41, 5.74) is 1.40. The second kappa shape index (κ2) is 8.14. The number of nitrogens with one attached hydrogen (secondary N) is 1. The number of nitrogens with zero attached hydrogens (tertiary/aromatic N) is 5. The maximum Gasteiger partial charge on any atom is 0.294 e. The van der Waals surface area contributed by atoms with Gasteiger partial charge in [0.05, 0.1) is 11.0 Å². The van der Waals surface area contributed by atoms with Gasteiger partial charge in [0.25, 0.3) is 5.56 Å². The molecule has 1 saturated heterocycles. The molecule has 3 aromatic rings. The number of amides is 1. The van der Waals surface area contributed by atoms with E-state index in [4.69, 9.17) is 0 Å². The van der Waals surface area contributed by atoms with Crippen molar-refractivity contribution < 1.29 is 4.79 Å². The van der Waals surface area contributed by atoms with Crippen LogP contribution >= 0.6 is 11.3 Å². The van der Waals surface area contributed by atoms with Crippen LogP contribution < -0.4 is 15.8 Å². The van der Waals surface area contributed by atoms with Crippen molar-refractivity contribution in [2.45, 2.75) is 51.0 Å². The van der Waals surface area contributed by atoms with Crippen molar-refractivity contribution in [1.82, 2.24) is 19.7 Å². The largest absolute Gasteiger partial charge is 0.352 e. The monoisotopic (exact) mass is 424 g/mol. The fraction of sp³-hybridized carbons (Fsp3) is 0.476. The van der Waals surface area contributed by atoms with Crippen molar-refractivity contribution in [3.05, 3.63) is 39.6 Å². The van der Waals surface area contributed by atoms with E-state index < -0.39 is 0 Å². The highest BCUT2D eigenvalue weighted by atomic mass is 32.1. The summed E-state index contributed by atoms with van der Waals surface area (Å²) in [5.74, 6) is 0.843. The number of carbonyl (C=O) groups is 1.